The van der Waals surface area contributed by atoms with E-state index in [1.165, 1.54) is 5.56 Å². The van der Waals surface area contributed by atoms with Crippen LogP contribution in [0.4, 0.5) is 0 Å². The van der Waals surface area contributed by atoms with Gasteiger partial charge in [0, 0.05) is 26.2 Å². The highest BCUT2D eigenvalue weighted by atomic mass is 16.5. The predicted molar refractivity (Wildman–Crippen MR) is 82.4 cm³/mol. The number of piperidine rings is 1. The summed E-state index contributed by atoms with van der Waals surface area (Å²) in [6.45, 7) is 5.99. The molecular weight excluding hydrogens is 266 g/mol. The van der Waals surface area contributed by atoms with Gasteiger partial charge in [0.05, 0.1) is 12.5 Å². The standard InChI is InChI=1S/C16H25N3O2/c1-2-21-15-7-9-19(10-8-15)12-14-5-3-13(4-6-14)11-16(20)18-17/h3-6,15H,2,7-12,17H2,1H3,(H,18,20). The fourth-order valence-electron chi connectivity index (χ4n) is 2.73. The molecule has 1 saturated heterocycles. The number of amides is 1. The van der Waals surface area contributed by atoms with Crippen molar-refractivity contribution in [2.24, 2.45) is 5.84 Å². The molecule has 0 aliphatic carbocycles. The molecule has 2 rings (SSSR count). The molecule has 0 bridgehead atoms. The maximum absolute atomic E-state index is 11.2. The van der Waals surface area contributed by atoms with E-state index in [1.54, 1.807) is 0 Å². The lowest BCUT2D eigenvalue weighted by atomic mass is 10.1. The average Bonchev–Trinajstić information content (AvgIpc) is 2.51. The molecule has 0 radical (unpaired) electrons. The van der Waals surface area contributed by atoms with Gasteiger partial charge in [-0.2, -0.15) is 0 Å². The first-order valence-electron chi connectivity index (χ1n) is 7.62. The SMILES string of the molecule is CCOC1CCN(Cc2ccc(CC(=O)NN)cc2)CC1. The number of nitrogens with two attached hydrogens (primary N) is 1. The monoisotopic (exact) mass is 291 g/mol. The van der Waals surface area contributed by atoms with Gasteiger partial charge in [0.2, 0.25) is 5.91 Å². The molecule has 5 heteroatoms. The normalized spacial score (nSPS) is 16.9. The van der Waals surface area contributed by atoms with Crippen LogP contribution in [0, 0.1) is 0 Å². The van der Waals surface area contributed by atoms with E-state index in [1.807, 2.05) is 12.1 Å². The molecule has 5 nitrogen and oxygen atoms in total. The summed E-state index contributed by atoms with van der Waals surface area (Å²) in [5.41, 5.74) is 4.41. The Hall–Kier alpha value is -1.43. The second-order valence-corrected chi connectivity index (χ2v) is 5.49. The summed E-state index contributed by atoms with van der Waals surface area (Å²) >= 11 is 0. The Balaban J connectivity index is 1.80. The van der Waals surface area contributed by atoms with Crippen molar-refractivity contribution in [2.75, 3.05) is 19.7 Å². The summed E-state index contributed by atoms with van der Waals surface area (Å²) in [5, 5.41) is 0. The number of carbonyl (C=O) groups is 1. The Labute approximate surface area is 126 Å². The zero-order valence-corrected chi connectivity index (χ0v) is 12.7. The zero-order chi connectivity index (χ0) is 15.1. The van der Waals surface area contributed by atoms with Gasteiger partial charge in [0.1, 0.15) is 0 Å². The molecule has 1 aliphatic heterocycles. The molecule has 1 aromatic rings. The molecule has 1 fully saturated rings. The number of likely N-dealkylation sites (tertiary alicyclic amines) is 1. The van der Waals surface area contributed by atoms with Crippen LogP contribution in [-0.2, 0) is 22.5 Å². The van der Waals surface area contributed by atoms with E-state index in [4.69, 9.17) is 10.6 Å². The van der Waals surface area contributed by atoms with Crippen LogP contribution in [-0.4, -0.2) is 36.6 Å². The van der Waals surface area contributed by atoms with Crippen LogP contribution in [0.15, 0.2) is 24.3 Å². The van der Waals surface area contributed by atoms with Crippen molar-refractivity contribution in [3.8, 4) is 0 Å². The fourth-order valence-corrected chi connectivity index (χ4v) is 2.73. The lowest BCUT2D eigenvalue weighted by Crippen LogP contribution is -2.36. The number of hydrogen-bond donors (Lipinski definition) is 2. The van der Waals surface area contributed by atoms with Crippen LogP contribution in [0.5, 0.6) is 0 Å². The lowest BCUT2D eigenvalue weighted by molar-refractivity contribution is -0.120. The topological polar surface area (TPSA) is 67.6 Å². The molecule has 1 aliphatic rings. The van der Waals surface area contributed by atoms with Crippen LogP contribution in [0.25, 0.3) is 0 Å². The minimum absolute atomic E-state index is 0.166. The van der Waals surface area contributed by atoms with Gasteiger partial charge in [-0.3, -0.25) is 15.1 Å². The van der Waals surface area contributed by atoms with Crippen LogP contribution in [0.3, 0.4) is 0 Å². The minimum Gasteiger partial charge on any atom is -0.378 e. The largest absolute Gasteiger partial charge is 0.378 e. The van der Waals surface area contributed by atoms with Crippen LogP contribution >= 0.6 is 0 Å². The first-order valence-corrected chi connectivity index (χ1v) is 7.62. The Morgan fingerprint density at radius 2 is 1.90 bits per heavy atom. The summed E-state index contributed by atoms with van der Waals surface area (Å²) in [7, 11) is 0. The quantitative estimate of drug-likeness (QED) is 0.470. The van der Waals surface area contributed by atoms with Crippen molar-refractivity contribution >= 4 is 5.91 Å². The van der Waals surface area contributed by atoms with Gasteiger partial charge in [0.25, 0.3) is 0 Å². The van der Waals surface area contributed by atoms with E-state index in [2.05, 4.69) is 29.4 Å². The van der Waals surface area contributed by atoms with E-state index in [9.17, 15) is 4.79 Å². The van der Waals surface area contributed by atoms with Gasteiger partial charge in [-0.15, -0.1) is 0 Å². The Morgan fingerprint density at radius 3 is 2.48 bits per heavy atom. The van der Waals surface area contributed by atoms with Gasteiger partial charge in [-0.05, 0) is 30.9 Å². The highest BCUT2D eigenvalue weighted by Gasteiger charge is 2.19. The average molecular weight is 291 g/mol. The summed E-state index contributed by atoms with van der Waals surface area (Å²) in [6, 6.07) is 8.18. The van der Waals surface area contributed by atoms with Crippen molar-refractivity contribution in [2.45, 2.75) is 38.8 Å². The number of hydrazine groups is 1. The molecule has 116 valence electrons. The van der Waals surface area contributed by atoms with E-state index in [0.717, 1.165) is 44.6 Å². The predicted octanol–water partition coefficient (Wildman–Crippen LogP) is 1.22. The van der Waals surface area contributed by atoms with Gasteiger partial charge in [-0.1, -0.05) is 24.3 Å². The van der Waals surface area contributed by atoms with E-state index in [-0.39, 0.29) is 5.91 Å². The van der Waals surface area contributed by atoms with Crippen molar-refractivity contribution in [1.82, 2.24) is 10.3 Å². The summed E-state index contributed by atoms with van der Waals surface area (Å²) in [4.78, 5) is 13.7. The van der Waals surface area contributed by atoms with E-state index < -0.39 is 0 Å². The molecule has 21 heavy (non-hydrogen) atoms. The smallest absolute Gasteiger partial charge is 0.238 e. The first-order chi connectivity index (χ1) is 10.2. The third-order valence-electron chi connectivity index (χ3n) is 3.89. The van der Waals surface area contributed by atoms with Gasteiger partial charge < -0.3 is 4.74 Å². The molecular formula is C16H25N3O2. The van der Waals surface area contributed by atoms with Crippen molar-refractivity contribution in [3.05, 3.63) is 35.4 Å². The third-order valence-corrected chi connectivity index (χ3v) is 3.89. The van der Waals surface area contributed by atoms with Crippen LogP contribution in [0.1, 0.15) is 30.9 Å². The van der Waals surface area contributed by atoms with Gasteiger partial charge >= 0.3 is 0 Å². The first kappa shape index (κ1) is 15.9. The number of rotatable bonds is 6. The maximum atomic E-state index is 11.2. The second-order valence-electron chi connectivity index (χ2n) is 5.49. The molecule has 0 atom stereocenters. The van der Waals surface area contributed by atoms with Crippen LogP contribution < -0.4 is 11.3 Å². The number of carbonyl (C=O) groups excluding carboxylic acids is 1. The fraction of sp³-hybridized carbons (Fsp3) is 0.562. The third kappa shape index (κ3) is 5.12. The van der Waals surface area contributed by atoms with Crippen molar-refractivity contribution in [1.29, 1.82) is 0 Å². The Morgan fingerprint density at radius 1 is 1.29 bits per heavy atom. The summed E-state index contributed by atoms with van der Waals surface area (Å²) < 4.78 is 5.67. The van der Waals surface area contributed by atoms with Gasteiger partial charge in [0.15, 0.2) is 0 Å². The molecule has 1 heterocycles. The molecule has 0 unspecified atom stereocenters. The van der Waals surface area contributed by atoms with E-state index >= 15 is 0 Å². The molecule has 0 spiro atoms. The highest BCUT2D eigenvalue weighted by molar-refractivity contribution is 5.77. The van der Waals surface area contributed by atoms with Crippen molar-refractivity contribution in [3.63, 3.8) is 0 Å². The highest BCUT2D eigenvalue weighted by Crippen LogP contribution is 2.16. The second kappa shape index (κ2) is 8.12. The number of hydrogen-bond acceptors (Lipinski definition) is 4. The molecule has 1 aromatic carbocycles. The van der Waals surface area contributed by atoms with Crippen LogP contribution in [0.2, 0.25) is 0 Å². The molecule has 0 saturated carbocycles. The van der Waals surface area contributed by atoms with E-state index in [0.29, 0.717) is 12.5 Å². The number of benzene rings is 1. The number of ether oxygens (including phenoxy) is 1. The lowest BCUT2D eigenvalue weighted by Gasteiger charge is -2.31. The zero-order valence-electron chi connectivity index (χ0n) is 12.7. The molecule has 3 N–H and O–H groups in total. The minimum atomic E-state index is -0.166. The Bertz CT molecular complexity index is 439. The van der Waals surface area contributed by atoms with Gasteiger partial charge in [-0.25, -0.2) is 5.84 Å². The summed E-state index contributed by atoms with van der Waals surface area (Å²) in [6.07, 6.45) is 2.99. The summed E-state index contributed by atoms with van der Waals surface area (Å²) in [5.74, 6) is 4.92. The molecule has 0 aromatic heterocycles. The van der Waals surface area contributed by atoms with Crippen molar-refractivity contribution < 1.29 is 9.53 Å². The Kier molecular flexibility index (Phi) is 6.17. The number of nitrogens with zero attached hydrogens (tertiary/aromatic N) is 1. The number of nitrogens with one attached hydrogen (secondary N) is 1. The maximum Gasteiger partial charge on any atom is 0.238 e. The molecule has 1 amide bonds.